The van der Waals surface area contributed by atoms with Crippen molar-refractivity contribution in [2.24, 2.45) is 0 Å². The van der Waals surface area contributed by atoms with Crippen LogP contribution in [0.2, 0.25) is 0 Å². The Balaban J connectivity index is 2.12. The molecule has 4 heteroatoms. The average Bonchev–Trinajstić information content (AvgIpc) is 2.55. The summed E-state index contributed by atoms with van der Waals surface area (Å²) in [6.07, 6.45) is 2.13. The third-order valence-corrected chi connectivity index (χ3v) is 3.28. The lowest BCUT2D eigenvalue weighted by molar-refractivity contribution is -0.0705. The first kappa shape index (κ1) is 19.9. The predicted octanol–water partition coefficient (Wildman–Crippen LogP) is 3.81. The molecule has 0 aliphatic rings. The number of ether oxygens (including phenoxy) is 4. The summed E-state index contributed by atoms with van der Waals surface area (Å²) in [6, 6.07) is 8.03. The van der Waals surface area contributed by atoms with Crippen LogP contribution in [-0.2, 0) is 14.2 Å². The van der Waals surface area contributed by atoms with Crippen molar-refractivity contribution in [2.45, 2.75) is 52.9 Å². The number of hydrogen-bond acceptors (Lipinski definition) is 4. The number of benzene rings is 1. The van der Waals surface area contributed by atoms with E-state index in [1.807, 2.05) is 58.4 Å². The smallest absolute Gasteiger partial charge is 0.119 e. The van der Waals surface area contributed by atoms with Gasteiger partial charge in [-0.25, -0.2) is 0 Å². The third-order valence-electron chi connectivity index (χ3n) is 3.28. The number of hydrogen-bond donors (Lipinski definition) is 0. The van der Waals surface area contributed by atoms with Gasteiger partial charge in [0.25, 0.3) is 0 Å². The quantitative estimate of drug-likeness (QED) is 0.586. The van der Waals surface area contributed by atoms with Gasteiger partial charge in [0.2, 0.25) is 0 Å². The highest BCUT2D eigenvalue weighted by atomic mass is 16.6. The van der Waals surface area contributed by atoms with Gasteiger partial charge in [0.1, 0.15) is 12.4 Å². The normalized spacial score (nSPS) is 15.2. The van der Waals surface area contributed by atoms with E-state index in [9.17, 15) is 0 Å². The molecule has 3 atom stereocenters. The van der Waals surface area contributed by atoms with E-state index >= 15 is 0 Å². The van der Waals surface area contributed by atoms with Crippen molar-refractivity contribution in [2.75, 3.05) is 26.4 Å². The Morgan fingerprint density at radius 3 is 1.91 bits per heavy atom. The van der Waals surface area contributed by atoms with Gasteiger partial charge in [0.05, 0.1) is 31.5 Å². The molecule has 0 saturated heterocycles. The highest BCUT2D eigenvalue weighted by molar-refractivity contribution is 5.26. The van der Waals surface area contributed by atoms with Crippen LogP contribution in [0, 0.1) is 13.3 Å². The van der Waals surface area contributed by atoms with Crippen LogP contribution >= 0.6 is 0 Å². The van der Waals surface area contributed by atoms with Crippen LogP contribution in [0.5, 0.6) is 5.75 Å². The molecule has 0 heterocycles. The zero-order chi connectivity index (χ0) is 17.1. The van der Waals surface area contributed by atoms with Gasteiger partial charge in [0, 0.05) is 6.61 Å². The van der Waals surface area contributed by atoms with Crippen molar-refractivity contribution >= 4 is 0 Å². The fraction of sp³-hybridized carbons (Fsp3) is 0.632. The van der Waals surface area contributed by atoms with Crippen molar-refractivity contribution in [1.82, 2.24) is 0 Å². The zero-order valence-electron chi connectivity index (χ0n) is 15.1. The summed E-state index contributed by atoms with van der Waals surface area (Å²) in [4.78, 5) is 0. The topological polar surface area (TPSA) is 36.9 Å². The van der Waals surface area contributed by atoms with Gasteiger partial charge in [0.15, 0.2) is 0 Å². The molecule has 0 amide bonds. The second kappa shape index (κ2) is 11.4. The van der Waals surface area contributed by atoms with Crippen LogP contribution in [0.3, 0.4) is 0 Å². The van der Waals surface area contributed by atoms with Gasteiger partial charge in [-0.2, -0.15) is 0 Å². The highest BCUT2D eigenvalue weighted by Gasteiger charge is 2.10. The molecule has 0 fully saturated rings. The molecule has 1 radical (unpaired) electrons. The summed E-state index contributed by atoms with van der Waals surface area (Å²) >= 11 is 0. The molecule has 1 rings (SSSR count). The first-order valence-electron chi connectivity index (χ1n) is 8.33. The molecule has 0 aromatic heterocycles. The van der Waals surface area contributed by atoms with Gasteiger partial charge < -0.3 is 18.9 Å². The minimum atomic E-state index is 0.0192. The predicted molar refractivity (Wildman–Crippen MR) is 92.9 cm³/mol. The second-order valence-corrected chi connectivity index (χ2v) is 5.96. The molecular formula is C19H31O4. The van der Waals surface area contributed by atoms with Gasteiger partial charge in [-0.1, -0.05) is 24.6 Å². The first-order chi connectivity index (χ1) is 11.0. The third kappa shape index (κ3) is 9.59. The molecule has 0 aliphatic heterocycles. The minimum Gasteiger partial charge on any atom is -0.491 e. The van der Waals surface area contributed by atoms with Crippen LogP contribution in [0.15, 0.2) is 24.3 Å². The molecule has 0 saturated carbocycles. The van der Waals surface area contributed by atoms with Crippen molar-refractivity contribution in [3.05, 3.63) is 36.2 Å². The molecule has 23 heavy (non-hydrogen) atoms. The average molecular weight is 323 g/mol. The lowest BCUT2D eigenvalue weighted by atomic mass is 10.2. The summed E-state index contributed by atoms with van der Waals surface area (Å²) in [5.74, 6) is 0.869. The number of aryl methyl sites for hydroxylation is 1. The Morgan fingerprint density at radius 1 is 0.826 bits per heavy atom. The zero-order valence-corrected chi connectivity index (χ0v) is 15.1. The van der Waals surface area contributed by atoms with Crippen molar-refractivity contribution in [3.8, 4) is 5.75 Å². The fourth-order valence-corrected chi connectivity index (χ4v) is 1.85. The van der Waals surface area contributed by atoms with E-state index in [-0.39, 0.29) is 18.3 Å². The van der Waals surface area contributed by atoms with Gasteiger partial charge in [-0.15, -0.1) is 0 Å². The van der Waals surface area contributed by atoms with E-state index in [4.69, 9.17) is 18.9 Å². The summed E-state index contributed by atoms with van der Waals surface area (Å²) in [6.45, 7) is 12.4. The molecule has 1 aromatic rings. The SMILES string of the molecule is C[CH]COC(C)COC(C)COC(C)COc1ccc(C)cc1. The lowest BCUT2D eigenvalue weighted by Crippen LogP contribution is -2.27. The van der Waals surface area contributed by atoms with E-state index in [2.05, 4.69) is 6.92 Å². The standard InChI is InChI=1S/C19H31O4/c1-6-11-20-16(3)12-21-17(4)13-22-18(5)14-23-19-9-7-15(2)8-10-19/h6-10,16-18H,11-14H2,1-5H3. The first-order valence-corrected chi connectivity index (χ1v) is 8.33. The molecule has 0 spiro atoms. The van der Waals surface area contributed by atoms with Gasteiger partial charge in [-0.05, 0) is 46.2 Å². The van der Waals surface area contributed by atoms with Gasteiger partial charge in [-0.3, -0.25) is 0 Å². The Hall–Kier alpha value is -1.10. The van der Waals surface area contributed by atoms with Crippen molar-refractivity contribution in [3.63, 3.8) is 0 Å². The van der Waals surface area contributed by atoms with E-state index in [1.54, 1.807) is 0 Å². The largest absolute Gasteiger partial charge is 0.491 e. The molecule has 0 N–H and O–H groups in total. The number of rotatable bonds is 12. The van der Waals surface area contributed by atoms with Crippen LogP contribution in [-0.4, -0.2) is 44.7 Å². The van der Waals surface area contributed by atoms with Crippen LogP contribution in [0.4, 0.5) is 0 Å². The Labute approximate surface area is 141 Å². The molecule has 131 valence electrons. The maximum absolute atomic E-state index is 5.77. The Kier molecular flexibility index (Phi) is 9.92. The van der Waals surface area contributed by atoms with E-state index in [0.717, 1.165) is 5.75 Å². The molecule has 0 bridgehead atoms. The second-order valence-electron chi connectivity index (χ2n) is 5.96. The molecule has 0 aliphatic carbocycles. The van der Waals surface area contributed by atoms with E-state index in [0.29, 0.717) is 26.4 Å². The summed E-state index contributed by atoms with van der Waals surface area (Å²) in [5.41, 5.74) is 1.22. The van der Waals surface area contributed by atoms with Crippen molar-refractivity contribution < 1.29 is 18.9 Å². The van der Waals surface area contributed by atoms with Gasteiger partial charge >= 0.3 is 0 Å². The maximum atomic E-state index is 5.77. The molecular weight excluding hydrogens is 292 g/mol. The van der Waals surface area contributed by atoms with Crippen LogP contribution in [0.1, 0.15) is 33.3 Å². The molecule has 3 unspecified atom stereocenters. The molecule has 1 aromatic carbocycles. The summed E-state index contributed by atoms with van der Waals surface area (Å²) < 4.78 is 22.7. The Bertz CT molecular complexity index is 404. The fourth-order valence-electron chi connectivity index (χ4n) is 1.85. The summed E-state index contributed by atoms with van der Waals surface area (Å²) in [5, 5.41) is 0. The molecule has 4 nitrogen and oxygen atoms in total. The maximum Gasteiger partial charge on any atom is 0.119 e. The summed E-state index contributed by atoms with van der Waals surface area (Å²) in [7, 11) is 0. The van der Waals surface area contributed by atoms with E-state index < -0.39 is 0 Å². The van der Waals surface area contributed by atoms with Crippen LogP contribution in [0.25, 0.3) is 0 Å². The monoisotopic (exact) mass is 323 g/mol. The lowest BCUT2D eigenvalue weighted by Gasteiger charge is -2.20. The Morgan fingerprint density at radius 2 is 1.35 bits per heavy atom. The van der Waals surface area contributed by atoms with Crippen molar-refractivity contribution in [1.29, 1.82) is 0 Å². The van der Waals surface area contributed by atoms with E-state index in [1.165, 1.54) is 5.56 Å². The van der Waals surface area contributed by atoms with Crippen LogP contribution < -0.4 is 4.74 Å². The highest BCUT2D eigenvalue weighted by Crippen LogP contribution is 2.12. The minimum absolute atomic E-state index is 0.0192.